The highest BCUT2D eigenvalue weighted by atomic mass is 16.5. The van der Waals surface area contributed by atoms with Crippen molar-refractivity contribution >= 4 is 33.6 Å². The van der Waals surface area contributed by atoms with Crippen LogP contribution < -0.4 is 10.1 Å². The number of carbonyl (C=O) groups is 2. The second kappa shape index (κ2) is 6.80. The minimum Gasteiger partial charge on any atom is -0.491 e. The lowest BCUT2D eigenvalue weighted by Crippen LogP contribution is -2.39. The number of fused-ring (bicyclic) bond motifs is 2. The highest BCUT2D eigenvalue weighted by Crippen LogP contribution is 2.35. The molecule has 0 unspecified atom stereocenters. The van der Waals surface area contributed by atoms with Crippen molar-refractivity contribution in [2.24, 2.45) is 0 Å². The third-order valence-corrected chi connectivity index (χ3v) is 4.70. The van der Waals surface area contributed by atoms with Crippen LogP contribution in [0.1, 0.15) is 24.3 Å². The first kappa shape index (κ1) is 16.6. The van der Waals surface area contributed by atoms with E-state index in [9.17, 15) is 9.59 Å². The van der Waals surface area contributed by atoms with Crippen molar-refractivity contribution in [2.45, 2.75) is 18.8 Å². The topological polar surface area (TPSA) is 77.8 Å². The molecule has 1 fully saturated rings. The van der Waals surface area contributed by atoms with Crippen molar-refractivity contribution in [3.8, 4) is 5.75 Å². The van der Waals surface area contributed by atoms with Crippen LogP contribution in [0.3, 0.4) is 0 Å². The zero-order valence-corrected chi connectivity index (χ0v) is 14.4. The summed E-state index contributed by atoms with van der Waals surface area (Å²) in [5, 5.41) is 5.33. The van der Waals surface area contributed by atoms with Gasteiger partial charge in [0.2, 0.25) is 11.8 Å². The zero-order valence-electron chi connectivity index (χ0n) is 14.4. The maximum absolute atomic E-state index is 12.2. The van der Waals surface area contributed by atoms with Gasteiger partial charge < -0.3 is 13.9 Å². The lowest BCUT2D eigenvalue weighted by molar-refractivity contribution is -0.134. The van der Waals surface area contributed by atoms with E-state index < -0.39 is 0 Å². The fraction of sp³-hybridized carbons (Fsp3) is 0.300. The van der Waals surface area contributed by atoms with Gasteiger partial charge in [0, 0.05) is 24.5 Å². The van der Waals surface area contributed by atoms with E-state index in [1.165, 1.54) is 0 Å². The molecular formula is C20H19NO5. The number of ether oxygens (including phenoxy) is 2. The van der Waals surface area contributed by atoms with Crippen LogP contribution in [0.15, 0.2) is 41.0 Å². The van der Waals surface area contributed by atoms with Crippen molar-refractivity contribution in [3.05, 3.63) is 42.2 Å². The Morgan fingerprint density at radius 2 is 2.04 bits per heavy atom. The van der Waals surface area contributed by atoms with Gasteiger partial charge >= 0.3 is 0 Å². The summed E-state index contributed by atoms with van der Waals surface area (Å²) in [4.78, 5) is 23.6. The molecule has 26 heavy (non-hydrogen) atoms. The van der Waals surface area contributed by atoms with Gasteiger partial charge in [0.05, 0.1) is 18.8 Å². The summed E-state index contributed by atoms with van der Waals surface area (Å²) < 4.78 is 16.4. The molecule has 0 aliphatic carbocycles. The number of benzene rings is 2. The number of amides is 2. The summed E-state index contributed by atoms with van der Waals surface area (Å²) in [6, 6.07) is 9.82. The molecule has 1 aliphatic heterocycles. The van der Waals surface area contributed by atoms with E-state index in [4.69, 9.17) is 13.9 Å². The number of hydrogen-bond donors (Lipinski definition) is 1. The SMILES string of the molecule is COCCOc1ccc2cc3occ([C@H]4CCC(=O)NC4=O)c3cc2c1. The van der Waals surface area contributed by atoms with Crippen LogP contribution in [-0.2, 0) is 14.3 Å². The van der Waals surface area contributed by atoms with Gasteiger partial charge in [-0.05, 0) is 41.5 Å². The first-order valence-electron chi connectivity index (χ1n) is 8.56. The zero-order chi connectivity index (χ0) is 18.1. The summed E-state index contributed by atoms with van der Waals surface area (Å²) in [6.07, 6.45) is 2.46. The van der Waals surface area contributed by atoms with Gasteiger partial charge in [0.25, 0.3) is 0 Å². The normalized spacial score (nSPS) is 17.7. The summed E-state index contributed by atoms with van der Waals surface area (Å²) in [5.74, 6) is -0.0875. The monoisotopic (exact) mass is 353 g/mol. The number of methoxy groups -OCH3 is 1. The molecule has 4 rings (SSSR count). The molecule has 6 heteroatoms. The average molecular weight is 353 g/mol. The molecule has 0 spiro atoms. The second-order valence-corrected chi connectivity index (χ2v) is 6.39. The minimum absolute atomic E-state index is 0.220. The van der Waals surface area contributed by atoms with Crippen molar-refractivity contribution in [1.82, 2.24) is 5.32 Å². The van der Waals surface area contributed by atoms with Crippen molar-refractivity contribution < 1.29 is 23.5 Å². The molecule has 2 heterocycles. The predicted octanol–water partition coefficient (Wildman–Crippen LogP) is 3.13. The van der Waals surface area contributed by atoms with Gasteiger partial charge in [0.15, 0.2) is 0 Å². The Kier molecular flexibility index (Phi) is 4.34. The highest BCUT2D eigenvalue weighted by molar-refractivity contribution is 6.04. The smallest absolute Gasteiger partial charge is 0.234 e. The first-order chi connectivity index (χ1) is 12.7. The maximum atomic E-state index is 12.2. The molecule has 2 amide bonds. The Bertz CT molecular complexity index is 990. The molecule has 0 radical (unpaired) electrons. The summed E-state index contributed by atoms with van der Waals surface area (Å²) >= 11 is 0. The minimum atomic E-state index is -0.368. The van der Waals surface area contributed by atoms with Crippen molar-refractivity contribution in [3.63, 3.8) is 0 Å². The van der Waals surface area contributed by atoms with E-state index in [2.05, 4.69) is 5.32 Å². The van der Waals surface area contributed by atoms with Gasteiger partial charge in [-0.25, -0.2) is 0 Å². The molecule has 1 aliphatic rings. The molecule has 2 aromatic carbocycles. The van der Waals surface area contributed by atoms with Gasteiger partial charge in [-0.1, -0.05) is 6.07 Å². The average Bonchev–Trinajstić information content (AvgIpc) is 3.02. The molecule has 0 bridgehead atoms. The highest BCUT2D eigenvalue weighted by Gasteiger charge is 2.30. The van der Waals surface area contributed by atoms with E-state index in [0.29, 0.717) is 26.1 Å². The summed E-state index contributed by atoms with van der Waals surface area (Å²) in [6.45, 7) is 1.01. The maximum Gasteiger partial charge on any atom is 0.234 e. The number of nitrogens with one attached hydrogen (secondary N) is 1. The van der Waals surface area contributed by atoms with Gasteiger partial charge in [-0.2, -0.15) is 0 Å². The number of rotatable bonds is 5. The van der Waals surface area contributed by atoms with E-state index in [0.717, 1.165) is 33.1 Å². The summed E-state index contributed by atoms with van der Waals surface area (Å²) in [7, 11) is 1.63. The quantitative estimate of drug-likeness (QED) is 0.563. The van der Waals surface area contributed by atoms with Gasteiger partial charge in [-0.3, -0.25) is 14.9 Å². The van der Waals surface area contributed by atoms with Gasteiger partial charge in [-0.15, -0.1) is 0 Å². The molecule has 134 valence electrons. The third kappa shape index (κ3) is 3.04. The Morgan fingerprint density at radius 3 is 2.85 bits per heavy atom. The molecule has 1 N–H and O–H groups in total. The molecular weight excluding hydrogens is 334 g/mol. The van der Waals surface area contributed by atoms with Crippen LogP contribution in [0.4, 0.5) is 0 Å². The van der Waals surface area contributed by atoms with E-state index in [1.807, 2.05) is 30.3 Å². The van der Waals surface area contributed by atoms with Crippen LogP contribution in [0.25, 0.3) is 21.7 Å². The molecule has 3 aromatic rings. The second-order valence-electron chi connectivity index (χ2n) is 6.39. The Labute approximate surface area is 150 Å². The Balaban J connectivity index is 1.71. The van der Waals surface area contributed by atoms with Crippen molar-refractivity contribution in [2.75, 3.05) is 20.3 Å². The number of carbonyl (C=O) groups excluding carboxylic acids is 2. The third-order valence-electron chi connectivity index (χ3n) is 4.70. The lowest BCUT2D eigenvalue weighted by Gasteiger charge is -2.19. The fourth-order valence-corrected chi connectivity index (χ4v) is 3.36. The van der Waals surface area contributed by atoms with E-state index in [1.54, 1.807) is 13.4 Å². The number of piperidine rings is 1. The molecule has 0 saturated carbocycles. The first-order valence-corrected chi connectivity index (χ1v) is 8.56. The van der Waals surface area contributed by atoms with Crippen LogP contribution in [0, 0.1) is 0 Å². The van der Waals surface area contributed by atoms with E-state index in [-0.39, 0.29) is 17.7 Å². The summed E-state index contributed by atoms with van der Waals surface area (Å²) in [5.41, 5.74) is 1.54. The molecule has 1 aromatic heterocycles. The standard InChI is InChI=1S/C20H19NO5/c1-24-6-7-25-14-3-2-12-10-18-16(9-13(12)8-14)17(11-26-18)15-4-5-19(22)21-20(15)23/h2-3,8-11,15H,4-7H2,1H3,(H,21,22,23)/t15-/m1/s1. The fourth-order valence-electron chi connectivity index (χ4n) is 3.36. The molecule has 1 saturated heterocycles. The van der Waals surface area contributed by atoms with Crippen molar-refractivity contribution in [1.29, 1.82) is 0 Å². The number of furan rings is 1. The Hall–Kier alpha value is -2.86. The predicted molar refractivity (Wildman–Crippen MR) is 96.2 cm³/mol. The Morgan fingerprint density at radius 1 is 1.15 bits per heavy atom. The van der Waals surface area contributed by atoms with E-state index >= 15 is 0 Å². The van der Waals surface area contributed by atoms with Gasteiger partial charge in [0.1, 0.15) is 17.9 Å². The van der Waals surface area contributed by atoms with Crippen LogP contribution in [0.5, 0.6) is 5.75 Å². The van der Waals surface area contributed by atoms with Crippen LogP contribution in [0.2, 0.25) is 0 Å². The number of hydrogen-bond acceptors (Lipinski definition) is 5. The van der Waals surface area contributed by atoms with Crippen LogP contribution in [-0.4, -0.2) is 32.1 Å². The number of imide groups is 1. The lowest BCUT2D eigenvalue weighted by atomic mass is 9.90. The largest absolute Gasteiger partial charge is 0.491 e. The molecule has 1 atom stereocenters. The van der Waals surface area contributed by atoms with Crippen LogP contribution >= 0.6 is 0 Å². The molecule has 6 nitrogen and oxygen atoms in total.